The van der Waals surface area contributed by atoms with E-state index in [0.29, 0.717) is 0 Å². The Balaban J connectivity index is 2.44. The van der Waals surface area contributed by atoms with Gasteiger partial charge in [0, 0.05) is 6.07 Å². The van der Waals surface area contributed by atoms with Crippen LogP contribution in [-0.2, 0) is 0 Å². The highest BCUT2D eigenvalue weighted by Gasteiger charge is 2.24. The summed E-state index contributed by atoms with van der Waals surface area (Å²) in [5.74, 6) is 0. The molecule has 0 aliphatic heterocycles. The minimum Gasteiger partial charge on any atom is -0.272 e. The van der Waals surface area contributed by atoms with E-state index in [2.05, 4.69) is 30.2 Å². The molecular weight excluding hydrogens is 340 g/mol. The fourth-order valence-electron chi connectivity index (χ4n) is 2.26. The van der Waals surface area contributed by atoms with Crippen LogP contribution in [0.15, 0.2) is 53.6 Å². The molecule has 0 bridgehead atoms. The van der Waals surface area contributed by atoms with Gasteiger partial charge in [-0.3, -0.25) is 25.7 Å². The van der Waals surface area contributed by atoms with Crippen LogP contribution in [0.4, 0.5) is 17.1 Å². The topological polar surface area (TPSA) is 111 Å². The quantitative estimate of drug-likeness (QED) is 0.360. The Morgan fingerprint density at radius 1 is 1.00 bits per heavy atom. The van der Waals surface area contributed by atoms with Gasteiger partial charge < -0.3 is 0 Å². The number of nitrogens with one attached hydrogen (secondary N) is 1. The van der Waals surface area contributed by atoms with E-state index in [-0.39, 0.29) is 17.1 Å². The number of nitro groups is 2. The molecule has 2 rings (SSSR count). The van der Waals surface area contributed by atoms with Gasteiger partial charge in [0.25, 0.3) is 5.69 Å². The number of benzene rings is 2. The molecule has 1 N–H and O–H groups in total. The molecule has 9 heteroatoms. The molecule has 0 atom stereocenters. The monoisotopic (exact) mass is 358 g/mol. The third kappa shape index (κ3) is 4.48. The molecule has 130 valence electrons. The SMILES string of the molecule is C[Si](C)(C)/C(=N/Nc1ccc([N+](=O)[O-])cc1[N+](=O)[O-])c1ccccc1. The molecule has 0 aliphatic rings. The molecule has 0 aromatic heterocycles. The Morgan fingerprint density at radius 2 is 1.64 bits per heavy atom. The summed E-state index contributed by atoms with van der Waals surface area (Å²) in [4.78, 5) is 20.7. The summed E-state index contributed by atoms with van der Waals surface area (Å²) in [7, 11) is -1.85. The number of hydrogen-bond donors (Lipinski definition) is 1. The minimum absolute atomic E-state index is 0.113. The molecular formula is C16H18N4O4Si. The Kier molecular flexibility index (Phi) is 5.28. The van der Waals surface area contributed by atoms with Crippen molar-refractivity contribution < 1.29 is 9.85 Å². The van der Waals surface area contributed by atoms with Crippen LogP contribution in [0.1, 0.15) is 5.56 Å². The van der Waals surface area contributed by atoms with Gasteiger partial charge in [0.05, 0.1) is 21.2 Å². The zero-order valence-corrected chi connectivity index (χ0v) is 15.1. The third-order valence-corrected chi connectivity index (χ3v) is 5.26. The Morgan fingerprint density at radius 3 is 2.16 bits per heavy atom. The first-order valence-corrected chi connectivity index (χ1v) is 11.0. The number of anilines is 1. The van der Waals surface area contributed by atoms with Crippen LogP contribution in [0.25, 0.3) is 0 Å². The van der Waals surface area contributed by atoms with Crippen molar-refractivity contribution >= 4 is 30.5 Å². The van der Waals surface area contributed by atoms with Crippen molar-refractivity contribution in [3.8, 4) is 0 Å². The zero-order chi connectivity index (χ0) is 18.6. The molecule has 8 nitrogen and oxygen atoms in total. The third-order valence-electron chi connectivity index (χ3n) is 3.43. The number of non-ortho nitro benzene ring substituents is 1. The number of rotatable bonds is 6. The van der Waals surface area contributed by atoms with Crippen LogP contribution < -0.4 is 5.43 Å². The molecule has 2 aromatic rings. The van der Waals surface area contributed by atoms with Crippen LogP contribution in [0.2, 0.25) is 19.6 Å². The van der Waals surface area contributed by atoms with E-state index in [9.17, 15) is 20.2 Å². The van der Waals surface area contributed by atoms with E-state index in [1.54, 1.807) is 0 Å². The maximum absolute atomic E-state index is 11.2. The molecule has 0 saturated heterocycles. The van der Waals surface area contributed by atoms with E-state index in [1.807, 2.05) is 30.3 Å². The maximum atomic E-state index is 11.2. The molecule has 0 radical (unpaired) electrons. The van der Waals surface area contributed by atoms with Gasteiger partial charge in [-0.2, -0.15) is 5.10 Å². The molecule has 0 aliphatic carbocycles. The highest BCUT2D eigenvalue weighted by molar-refractivity contribution is 7.06. The van der Waals surface area contributed by atoms with E-state index in [1.165, 1.54) is 12.1 Å². The van der Waals surface area contributed by atoms with E-state index >= 15 is 0 Å². The predicted octanol–water partition coefficient (Wildman–Crippen LogP) is 4.20. The molecule has 0 heterocycles. The Hall–Kier alpha value is -3.07. The van der Waals surface area contributed by atoms with Gasteiger partial charge in [-0.05, 0) is 11.6 Å². The molecule has 0 fully saturated rings. The zero-order valence-electron chi connectivity index (χ0n) is 14.1. The van der Waals surface area contributed by atoms with E-state index < -0.39 is 17.9 Å². The van der Waals surface area contributed by atoms with Gasteiger partial charge in [0.2, 0.25) is 0 Å². The first-order chi connectivity index (χ1) is 11.7. The number of nitro benzene ring substituents is 2. The molecule has 0 spiro atoms. The second-order valence-corrected chi connectivity index (χ2v) is 11.4. The molecule has 25 heavy (non-hydrogen) atoms. The van der Waals surface area contributed by atoms with E-state index in [0.717, 1.165) is 17.0 Å². The average molecular weight is 358 g/mol. The highest BCUT2D eigenvalue weighted by atomic mass is 28.3. The molecule has 0 amide bonds. The lowest BCUT2D eigenvalue weighted by atomic mass is 10.2. The highest BCUT2D eigenvalue weighted by Crippen LogP contribution is 2.29. The fraction of sp³-hybridized carbons (Fsp3) is 0.188. The standard InChI is InChI=1S/C16H18N4O4Si/c1-25(2,3)16(12-7-5-4-6-8-12)18-17-14-10-9-13(19(21)22)11-15(14)20(23)24/h4-11,17H,1-3H3/b18-16+. The van der Waals surface area contributed by atoms with Crippen LogP contribution in [0.5, 0.6) is 0 Å². The van der Waals surface area contributed by atoms with Gasteiger partial charge in [0.15, 0.2) is 0 Å². The average Bonchev–Trinajstić information content (AvgIpc) is 2.54. The summed E-state index contributed by atoms with van der Waals surface area (Å²) < 4.78 is 0. The maximum Gasteiger partial charge on any atom is 0.301 e. The van der Waals surface area contributed by atoms with Crippen molar-refractivity contribution in [2.45, 2.75) is 19.6 Å². The van der Waals surface area contributed by atoms with Crippen molar-refractivity contribution in [1.82, 2.24) is 0 Å². The summed E-state index contributed by atoms with van der Waals surface area (Å²) in [6, 6.07) is 13.0. The summed E-state index contributed by atoms with van der Waals surface area (Å²) in [6.45, 7) is 6.35. The van der Waals surface area contributed by atoms with Crippen molar-refractivity contribution in [2.24, 2.45) is 5.10 Å². The van der Waals surface area contributed by atoms with Crippen LogP contribution in [0, 0.1) is 20.2 Å². The first kappa shape index (κ1) is 18.3. The van der Waals surface area contributed by atoms with Gasteiger partial charge >= 0.3 is 5.69 Å². The number of hydrazone groups is 1. The second kappa shape index (κ2) is 7.22. The second-order valence-electron chi connectivity index (χ2n) is 6.40. The van der Waals surface area contributed by atoms with Crippen LogP contribution >= 0.6 is 0 Å². The molecule has 0 saturated carbocycles. The van der Waals surface area contributed by atoms with Crippen LogP contribution in [0.3, 0.4) is 0 Å². The van der Waals surface area contributed by atoms with Crippen molar-refractivity contribution in [3.63, 3.8) is 0 Å². The van der Waals surface area contributed by atoms with Gasteiger partial charge in [-0.15, -0.1) is 0 Å². The lowest BCUT2D eigenvalue weighted by Crippen LogP contribution is -2.35. The Labute approximate surface area is 145 Å². The number of hydrogen-bond acceptors (Lipinski definition) is 6. The summed E-state index contributed by atoms with van der Waals surface area (Å²) >= 11 is 0. The first-order valence-electron chi connectivity index (χ1n) is 7.52. The van der Waals surface area contributed by atoms with Crippen molar-refractivity contribution in [1.29, 1.82) is 0 Å². The van der Waals surface area contributed by atoms with Crippen LogP contribution in [-0.4, -0.2) is 23.3 Å². The molecule has 0 unspecified atom stereocenters. The van der Waals surface area contributed by atoms with Crippen molar-refractivity contribution in [2.75, 3.05) is 5.43 Å². The van der Waals surface area contributed by atoms with Gasteiger partial charge in [-0.25, -0.2) is 0 Å². The predicted molar refractivity (Wildman–Crippen MR) is 99.7 cm³/mol. The van der Waals surface area contributed by atoms with Gasteiger partial charge in [0.1, 0.15) is 13.8 Å². The fourth-order valence-corrected chi connectivity index (χ4v) is 3.68. The Bertz CT molecular complexity index is 832. The normalized spacial score (nSPS) is 11.9. The molecule has 2 aromatic carbocycles. The van der Waals surface area contributed by atoms with Crippen molar-refractivity contribution in [3.05, 3.63) is 74.3 Å². The summed E-state index contributed by atoms with van der Waals surface area (Å²) in [5.41, 5.74) is 3.05. The van der Waals surface area contributed by atoms with E-state index in [4.69, 9.17) is 0 Å². The van der Waals surface area contributed by atoms with Gasteiger partial charge in [-0.1, -0.05) is 50.0 Å². The summed E-state index contributed by atoms with van der Waals surface area (Å²) in [6.07, 6.45) is 0. The number of nitrogens with zero attached hydrogens (tertiary/aromatic N) is 3. The summed E-state index contributed by atoms with van der Waals surface area (Å²) in [5, 5.41) is 27.3. The lowest BCUT2D eigenvalue weighted by molar-refractivity contribution is -0.393. The smallest absolute Gasteiger partial charge is 0.272 e. The minimum atomic E-state index is -1.85. The largest absolute Gasteiger partial charge is 0.301 e. The lowest BCUT2D eigenvalue weighted by Gasteiger charge is -2.19.